The third-order valence-corrected chi connectivity index (χ3v) is 3.62. The molecular weight excluding hydrogens is 240 g/mol. The number of amides is 1. The van der Waals surface area contributed by atoms with Gasteiger partial charge in [0, 0.05) is 18.7 Å². The minimum atomic E-state index is -0.0298. The first-order valence-corrected chi connectivity index (χ1v) is 6.67. The summed E-state index contributed by atoms with van der Waals surface area (Å²) in [6.07, 6.45) is 0.778. The summed E-state index contributed by atoms with van der Waals surface area (Å²) in [6.45, 7) is 7.77. The second-order valence-electron chi connectivity index (χ2n) is 6.13. The predicted molar refractivity (Wildman–Crippen MR) is 74.7 cm³/mol. The number of likely N-dealkylation sites (tertiary alicyclic amines) is 1. The summed E-state index contributed by atoms with van der Waals surface area (Å²) in [7, 11) is 0. The van der Waals surface area contributed by atoms with Gasteiger partial charge in [-0.1, -0.05) is 32.9 Å². The van der Waals surface area contributed by atoms with Gasteiger partial charge in [0.05, 0.1) is 6.10 Å². The van der Waals surface area contributed by atoms with Crippen molar-refractivity contribution in [3.05, 3.63) is 35.4 Å². The van der Waals surface area contributed by atoms with Crippen molar-refractivity contribution >= 4 is 5.91 Å². The van der Waals surface area contributed by atoms with Gasteiger partial charge >= 0.3 is 0 Å². The van der Waals surface area contributed by atoms with Crippen LogP contribution in [0.3, 0.4) is 0 Å². The topological polar surface area (TPSA) is 55.6 Å². The van der Waals surface area contributed by atoms with Crippen LogP contribution in [0, 0.1) is 0 Å². The van der Waals surface area contributed by atoms with Crippen LogP contribution in [-0.4, -0.2) is 30.0 Å². The molecule has 1 unspecified atom stereocenters. The maximum Gasteiger partial charge on any atom is 0.253 e. The van der Waals surface area contributed by atoms with Gasteiger partial charge in [-0.05, 0) is 29.5 Å². The number of hydrogen-bond donors (Lipinski definition) is 1. The summed E-state index contributed by atoms with van der Waals surface area (Å²) in [5.74, 6) is 5.22. The van der Waals surface area contributed by atoms with Crippen molar-refractivity contribution in [2.45, 2.75) is 38.7 Å². The SMILES string of the molecule is CC(C)(C)c1ccc(C(=O)N2CCC(ON)C2)cc1. The maximum atomic E-state index is 12.3. The van der Waals surface area contributed by atoms with Gasteiger partial charge in [-0.15, -0.1) is 0 Å². The molecule has 19 heavy (non-hydrogen) atoms. The van der Waals surface area contributed by atoms with E-state index in [4.69, 9.17) is 10.7 Å². The minimum Gasteiger partial charge on any atom is -0.336 e. The fraction of sp³-hybridized carbons (Fsp3) is 0.533. The van der Waals surface area contributed by atoms with Crippen molar-refractivity contribution in [3.8, 4) is 0 Å². The first-order valence-electron chi connectivity index (χ1n) is 6.67. The highest BCUT2D eigenvalue weighted by Gasteiger charge is 2.27. The van der Waals surface area contributed by atoms with Crippen LogP contribution in [0.4, 0.5) is 0 Å². The van der Waals surface area contributed by atoms with E-state index in [9.17, 15) is 4.79 Å². The largest absolute Gasteiger partial charge is 0.336 e. The summed E-state index contributed by atoms with van der Waals surface area (Å²) in [6, 6.07) is 7.86. The summed E-state index contributed by atoms with van der Waals surface area (Å²) in [5, 5.41) is 0. The van der Waals surface area contributed by atoms with Crippen LogP contribution in [0.5, 0.6) is 0 Å². The molecule has 1 saturated heterocycles. The van der Waals surface area contributed by atoms with Crippen molar-refractivity contribution in [2.24, 2.45) is 5.90 Å². The molecule has 2 N–H and O–H groups in total. The van der Waals surface area contributed by atoms with Gasteiger partial charge in [-0.2, -0.15) is 0 Å². The number of carbonyl (C=O) groups is 1. The molecule has 0 aliphatic carbocycles. The molecule has 0 spiro atoms. The van der Waals surface area contributed by atoms with E-state index in [2.05, 4.69) is 20.8 Å². The van der Waals surface area contributed by atoms with Crippen LogP contribution in [0.2, 0.25) is 0 Å². The predicted octanol–water partition coefficient (Wildman–Crippen LogP) is 2.09. The van der Waals surface area contributed by atoms with Gasteiger partial charge in [-0.25, -0.2) is 5.90 Å². The van der Waals surface area contributed by atoms with E-state index in [-0.39, 0.29) is 17.4 Å². The number of nitrogens with zero attached hydrogens (tertiary/aromatic N) is 1. The van der Waals surface area contributed by atoms with E-state index >= 15 is 0 Å². The minimum absolute atomic E-state index is 0.0298. The molecule has 1 atom stereocenters. The zero-order valence-corrected chi connectivity index (χ0v) is 11.8. The average molecular weight is 262 g/mol. The lowest BCUT2D eigenvalue weighted by atomic mass is 9.86. The number of hydrogen-bond acceptors (Lipinski definition) is 3. The van der Waals surface area contributed by atoms with Crippen LogP contribution in [-0.2, 0) is 10.3 Å². The van der Waals surface area contributed by atoms with Crippen molar-refractivity contribution in [1.29, 1.82) is 0 Å². The Morgan fingerprint density at radius 1 is 1.32 bits per heavy atom. The molecule has 0 radical (unpaired) electrons. The number of nitrogens with two attached hydrogens (primary N) is 1. The third kappa shape index (κ3) is 3.14. The Morgan fingerprint density at radius 3 is 2.42 bits per heavy atom. The third-order valence-electron chi connectivity index (χ3n) is 3.62. The summed E-state index contributed by atoms with van der Waals surface area (Å²) < 4.78 is 0. The Hall–Kier alpha value is -1.39. The monoisotopic (exact) mass is 262 g/mol. The lowest BCUT2D eigenvalue weighted by Crippen LogP contribution is -2.30. The van der Waals surface area contributed by atoms with E-state index in [1.54, 1.807) is 4.90 Å². The highest BCUT2D eigenvalue weighted by atomic mass is 16.6. The fourth-order valence-corrected chi connectivity index (χ4v) is 2.32. The van der Waals surface area contributed by atoms with E-state index in [0.717, 1.165) is 12.0 Å². The zero-order chi connectivity index (χ0) is 14.0. The normalized spacial score (nSPS) is 19.8. The number of benzene rings is 1. The first-order chi connectivity index (χ1) is 8.91. The Morgan fingerprint density at radius 2 is 1.95 bits per heavy atom. The van der Waals surface area contributed by atoms with Crippen LogP contribution < -0.4 is 5.90 Å². The lowest BCUT2D eigenvalue weighted by Gasteiger charge is -2.20. The quantitative estimate of drug-likeness (QED) is 0.830. The van der Waals surface area contributed by atoms with E-state index in [1.807, 2.05) is 24.3 Å². The molecular formula is C15H22N2O2. The molecule has 4 nitrogen and oxygen atoms in total. The fourth-order valence-electron chi connectivity index (χ4n) is 2.32. The van der Waals surface area contributed by atoms with Gasteiger partial charge in [0.15, 0.2) is 0 Å². The van der Waals surface area contributed by atoms with Gasteiger partial charge in [-0.3, -0.25) is 9.63 Å². The average Bonchev–Trinajstić information content (AvgIpc) is 2.86. The van der Waals surface area contributed by atoms with E-state index in [0.29, 0.717) is 13.1 Å². The highest BCUT2D eigenvalue weighted by Crippen LogP contribution is 2.23. The molecule has 104 valence electrons. The molecule has 1 amide bonds. The van der Waals surface area contributed by atoms with Crippen molar-refractivity contribution in [2.75, 3.05) is 13.1 Å². The summed E-state index contributed by atoms with van der Waals surface area (Å²) >= 11 is 0. The molecule has 2 rings (SSSR count). The Labute approximate surface area is 114 Å². The maximum absolute atomic E-state index is 12.3. The second-order valence-corrected chi connectivity index (χ2v) is 6.13. The van der Waals surface area contributed by atoms with Gasteiger partial charge in [0.1, 0.15) is 0 Å². The highest BCUT2D eigenvalue weighted by molar-refractivity contribution is 5.94. The number of carbonyl (C=O) groups excluding carboxylic acids is 1. The van der Waals surface area contributed by atoms with Crippen LogP contribution in [0.15, 0.2) is 24.3 Å². The van der Waals surface area contributed by atoms with Gasteiger partial charge < -0.3 is 4.90 Å². The lowest BCUT2D eigenvalue weighted by molar-refractivity contribution is 0.0537. The molecule has 4 heteroatoms. The molecule has 1 aliphatic heterocycles. The first kappa shape index (κ1) is 14.0. The van der Waals surface area contributed by atoms with Gasteiger partial charge in [0.2, 0.25) is 0 Å². The molecule has 1 aliphatic rings. The summed E-state index contributed by atoms with van der Waals surface area (Å²) in [5.41, 5.74) is 2.06. The van der Waals surface area contributed by atoms with Crippen molar-refractivity contribution < 1.29 is 9.63 Å². The van der Waals surface area contributed by atoms with Crippen LogP contribution in [0.25, 0.3) is 0 Å². The Bertz CT molecular complexity index is 448. The van der Waals surface area contributed by atoms with Gasteiger partial charge in [0.25, 0.3) is 5.91 Å². The van der Waals surface area contributed by atoms with Crippen LogP contribution in [0.1, 0.15) is 43.1 Å². The van der Waals surface area contributed by atoms with E-state index < -0.39 is 0 Å². The zero-order valence-electron chi connectivity index (χ0n) is 11.8. The second kappa shape index (κ2) is 5.31. The van der Waals surface area contributed by atoms with Crippen LogP contribution >= 0.6 is 0 Å². The molecule has 0 saturated carbocycles. The standard InChI is InChI=1S/C15H22N2O2/c1-15(2,3)12-6-4-11(5-7-12)14(18)17-9-8-13(10-17)19-16/h4-7,13H,8-10,16H2,1-3H3. The summed E-state index contributed by atoms with van der Waals surface area (Å²) in [4.78, 5) is 18.9. The van der Waals surface area contributed by atoms with Crippen molar-refractivity contribution in [1.82, 2.24) is 4.90 Å². The molecule has 0 bridgehead atoms. The molecule has 1 aromatic carbocycles. The Balaban J connectivity index is 2.08. The molecule has 0 aromatic heterocycles. The molecule has 1 aromatic rings. The number of rotatable bonds is 2. The smallest absolute Gasteiger partial charge is 0.253 e. The van der Waals surface area contributed by atoms with E-state index in [1.165, 1.54) is 5.56 Å². The molecule has 1 heterocycles. The Kier molecular flexibility index (Phi) is 3.92. The molecule has 1 fully saturated rings. The van der Waals surface area contributed by atoms with Crippen molar-refractivity contribution in [3.63, 3.8) is 0 Å².